The SMILES string of the molecule is C[C@@H](O)c1ccc(Oc2ccc3c(c2)OCO3)cc1. The fourth-order valence-electron chi connectivity index (χ4n) is 1.89. The van der Waals surface area contributed by atoms with Gasteiger partial charge in [-0.15, -0.1) is 0 Å². The molecular formula is C15H14O4. The summed E-state index contributed by atoms with van der Waals surface area (Å²) >= 11 is 0. The fourth-order valence-corrected chi connectivity index (χ4v) is 1.89. The standard InChI is InChI=1S/C15H14O4/c1-10(16)11-2-4-12(5-3-11)19-13-6-7-14-15(8-13)18-9-17-14/h2-8,10,16H,9H2,1H3/t10-/m1/s1. The van der Waals surface area contributed by atoms with E-state index in [9.17, 15) is 5.11 Å². The Hall–Kier alpha value is -2.20. The average molecular weight is 258 g/mol. The van der Waals surface area contributed by atoms with Gasteiger partial charge in [0.2, 0.25) is 6.79 Å². The maximum atomic E-state index is 9.44. The number of ether oxygens (including phenoxy) is 3. The number of benzene rings is 2. The summed E-state index contributed by atoms with van der Waals surface area (Å²) in [5, 5.41) is 9.44. The quantitative estimate of drug-likeness (QED) is 0.918. The van der Waals surface area contributed by atoms with E-state index in [1.807, 2.05) is 36.4 Å². The molecule has 0 spiro atoms. The van der Waals surface area contributed by atoms with Crippen LogP contribution in [0.1, 0.15) is 18.6 Å². The van der Waals surface area contributed by atoms with Gasteiger partial charge in [0.1, 0.15) is 11.5 Å². The summed E-state index contributed by atoms with van der Waals surface area (Å²) < 4.78 is 16.3. The van der Waals surface area contributed by atoms with Gasteiger partial charge in [-0.05, 0) is 36.8 Å². The van der Waals surface area contributed by atoms with Gasteiger partial charge in [-0.2, -0.15) is 0 Å². The minimum atomic E-state index is -0.473. The topological polar surface area (TPSA) is 47.9 Å². The number of hydrogen-bond donors (Lipinski definition) is 1. The van der Waals surface area contributed by atoms with Gasteiger partial charge in [-0.1, -0.05) is 12.1 Å². The highest BCUT2D eigenvalue weighted by molar-refractivity contribution is 5.48. The summed E-state index contributed by atoms with van der Waals surface area (Å²) in [5.41, 5.74) is 0.859. The molecular weight excluding hydrogens is 244 g/mol. The van der Waals surface area contributed by atoms with E-state index in [0.29, 0.717) is 17.2 Å². The van der Waals surface area contributed by atoms with Gasteiger partial charge in [0.05, 0.1) is 6.10 Å². The zero-order chi connectivity index (χ0) is 13.2. The monoisotopic (exact) mass is 258 g/mol. The Morgan fingerprint density at radius 2 is 1.68 bits per heavy atom. The van der Waals surface area contributed by atoms with Crippen molar-refractivity contribution in [2.45, 2.75) is 13.0 Å². The number of fused-ring (bicyclic) bond motifs is 1. The van der Waals surface area contributed by atoms with E-state index < -0.39 is 6.10 Å². The maximum Gasteiger partial charge on any atom is 0.231 e. The van der Waals surface area contributed by atoms with Crippen LogP contribution in [0.2, 0.25) is 0 Å². The minimum absolute atomic E-state index is 0.252. The summed E-state index contributed by atoms with van der Waals surface area (Å²) in [6.45, 7) is 1.98. The largest absolute Gasteiger partial charge is 0.457 e. The maximum absolute atomic E-state index is 9.44. The summed E-state index contributed by atoms with van der Waals surface area (Å²) in [7, 11) is 0. The van der Waals surface area contributed by atoms with E-state index in [0.717, 1.165) is 11.3 Å². The highest BCUT2D eigenvalue weighted by Crippen LogP contribution is 2.36. The summed E-state index contributed by atoms with van der Waals surface area (Å²) in [6.07, 6.45) is -0.473. The molecule has 0 bridgehead atoms. The van der Waals surface area contributed by atoms with Crippen molar-refractivity contribution in [3.05, 3.63) is 48.0 Å². The summed E-state index contributed by atoms with van der Waals surface area (Å²) in [4.78, 5) is 0. The number of hydrogen-bond acceptors (Lipinski definition) is 4. The number of aliphatic hydroxyl groups excluding tert-OH is 1. The van der Waals surface area contributed by atoms with Gasteiger partial charge in [-0.3, -0.25) is 0 Å². The molecule has 0 radical (unpaired) electrons. The highest BCUT2D eigenvalue weighted by atomic mass is 16.7. The second-order valence-corrected chi connectivity index (χ2v) is 4.36. The van der Waals surface area contributed by atoms with Crippen LogP contribution < -0.4 is 14.2 Å². The smallest absolute Gasteiger partial charge is 0.231 e. The first-order valence-corrected chi connectivity index (χ1v) is 6.08. The predicted octanol–water partition coefficient (Wildman–Crippen LogP) is 3.26. The van der Waals surface area contributed by atoms with E-state index in [1.54, 1.807) is 13.0 Å². The number of rotatable bonds is 3. The third-order valence-corrected chi connectivity index (χ3v) is 2.94. The fraction of sp³-hybridized carbons (Fsp3) is 0.200. The van der Waals surface area contributed by atoms with E-state index >= 15 is 0 Å². The molecule has 2 aromatic rings. The lowest BCUT2D eigenvalue weighted by Gasteiger charge is -2.08. The Kier molecular flexibility index (Phi) is 3.01. The summed E-state index contributed by atoms with van der Waals surface area (Å²) in [6, 6.07) is 12.8. The Bertz CT molecular complexity index is 575. The molecule has 0 amide bonds. The van der Waals surface area contributed by atoms with Crippen LogP contribution in [0.15, 0.2) is 42.5 Å². The molecule has 0 aromatic heterocycles. The highest BCUT2D eigenvalue weighted by Gasteiger charge is 2.14. The average Bonchev–Trinajstić information content (AvgIpc) is 2.87. The van der Waals surface area contributed by atoms with Crippen molar-refractivity contribution in [2.24, 2.45) is 0 Å². The molecule has 98 valence electrons. The zero-order valence-electron chi connectivity index (χ0n) is 10.5. The molecule has 1 heterocycles. The molecule has 1 N–H and O–H groups in total. The van der Waals surface area contributed by atoms with Gasteiger partial charge in [0, 0.05) is 6.07 Å². The molecule has 3 rings (SSSR count). The first-order chi connectivity index (χ1) is 9.22. The minimum Gasteiger partial charge on any atom is -0.457 e. The second-order valence-electron chi connectivity index (χ2n) is 4.36. The van der Waals surface area contributed by atoms with Crippen LogP contribution in [-0.2, 0) is 0 Å². The van der Waals surface area contributed by atoms with Crippen LogP contribution in [0.5, 0.6) is 23.0 Å². The first kappa shape index (κ1) is 11.9. The van der Waals surface area contributed by atoms with Crippen molar-refractivity contribution in [1.29, 1.82) is 0 Å². The third-order valence-electron chi connectivity index (χ3n) is 2.94. The molecule has 0 saturated carbocycles. The molecule has 19 heavy (non-hydrogen) atoms. The molecule has 4 heteroatoms. The molecule has 0 fully saturated rings. The number of aliphatic hydroxyl groups is 1. The molecule has 2 aromatic carbocycles. The van der Waals surface area contributed by atoms with Gasteiger partial charge >= 0.3 is 0 Å². The van der Waals surface area contributed by atoms with Crippen molar-refractivity contribution < 1.29 is 19.3 Å². The molecule has 1 aliphatic rings. The molecule has 4 nitrogen and oxygen atoms in total. The Labute approximate surface area is 111 Å². The van der Waals surface area contributed by atoms with E-state index in [1.165, 1.54) is 0 Å². The third kappa shape index (κ3) is 2.48. The van der Waals surface area contributed by atoms with Crippen molar-refractivity contribution >= 4 is 0 Å². The van der Waals surface area contributed by atoms with Crippen LogP contribution in [0, 0.1) is 0 Å². The first-order valence-electron chi connectivity index (χ1n) is 6.08. The molecule has 1 atom stereocenters. The van der Waals surface area contributed by atoms with E-state index in [-0.39, 0.29) is 6.79 Å². The lowest BCUT2D eigenvalue weighted by molar-refractivity contribution is 0.174. The Morgan fingerprint density at radius 3 is 2.42 bits per heavy atom. The summed E-state index contributed by atoms with van der Waals surface area (Å²) in [5.74, 6) is 2.83. The lowest BCUT2D eigenvalue weighted by atomic mass is 10.1. The van der Waals surface area contributed by atoms with Crippen molar-refractivity contribution in [3.8, 4) is 23.0 Å². The molecule has 0 unspecified atom stereocenters. The van der Waals surface area contributed by atoms with Crippen LogP contribution in [0.25, 0.3) is 0 Å². The van der Waals surface area contributed by atoms with Crippen LogP contribution in [0.4, 0.5) is 0 Å². The van der Waals surface area contributed by atoms with Crippen LogP contribution >= 0.6 is 0 Å². The van der Waals surface area contributed by atoms with Crippen LogP contribution in [0.3, 0.4) is 0 Å². The lowest BCUT2D eigenvalue weighted by Crippen LogP contribution is -1.92. The van der Waals surface area contributed by atoms with E-state index in [4.69, 9.17) is 14.2 Å². The second kappa shape index (κ2) is 4.82. The van der Waals surface area contributed by atoms with Gasteiger partial charge < -0.3 is 19.3 Å². The van der Waals surface area contributed by atoms with Crippen molar-refractivity contribution in [3.63, 3.8) is 0 Å². The van der Waals surface area contributed by atoms with Gasteiger partial charge in [-0.25, -0.2) is 0 Å². The molecule has 1 aliphatic heterocycles. The molecule has 0 saturated heterocycles. The Balaban J connectivity index is 1.77. The predicted molar refractivity (Wildman–Crippen MR) is 69.7 cm³/mol. The van der Waals surface area contributed by atoms with Crippen molar-refractivity contribution in [1.82, 2.24) is 0 Å². The molecule has 0 aliphatic carbocycles. The zero-order valence-corrected chi connectivity index (χ0v) is 10.5. The van der Waals surface area contributed by atoms with Gasteiger partial charge in [0.15, 0.2) is 11.5 Å². The normalized spacial score (nSPS) is 14.2. The van der Waals surface area contributed by atoms with Crippen molar-refractivity contribution in [2.75, 3.05) is 6.79 Å². The van der Waals surface area contributed by atoms with Gasteiger partial charge in [0.25, 0.3) is 0 Å². The van der Waals surface area contributed by atoms with E-state index in [2.05, 4.69) is 0 Å². The Morgan fingerprint density at radius 1 is 1.00 bits per heavy atom. The van der Waals surface area contributed by atoms with Crippen LogP contribution in [-0.4, -0.2) is 11.9 Å².